The molecule has 0 aliphatic rings. The summed E-state index contributed by atoms with van der Waals surface area (Å²) in [4.78, 5) is 37.7. The van der Waals surface area contributed by atoms with Crippen molar-refractivity contribution in [1.82, 2.24) is 0 Å². The summed E-state index contributed by atoms with van der Waals surface area (Å²) in [6.45, 7) is 6.58. The maximum absolute atomic E-state index is 12.7. The Kier molecular flexibility index (Phi) is 52.3. The highest BCUT2D eigenvalue weighted by Crippen LogP contribution is 2.16. The summed E-state index contributed by atoms with van der Waals surface area (Å²) in [5.41, 5.74) is 0. The molecule has 0 aliphatic carbocycles. The summed E-state index contributed by atoms with van der Waals surface area (Å²) in [5, 5.41) is 0. The Hall–Kier alpha value is -2.37. The summed E-state index contributed by atoms with van der Waals surface area (Å²) >= 11 is 0. The molecule has 0 aromatic heterocycles. The molecule has 6 heteroatoms. The van der Waals surface area contributed by atoms with Gasteiger partial charge in [-0.15, -0.1) is 0 Å². The number of hydrogen-bond donors (Lipinski definition) is 0. The molecule has 65 heavy (non-hydrogen) atoms. The molecule has 0 spiro atoms. The SMILES string of the molecule is CCCCCCC/C=C\C/C=C\C/C=C\CCCCCCCCCCCCCCC(=O)OCC(COC(=O)CCCCCCC)OC(=O)CCCCCCCCCCCCCCCCC. The van der Waals surface area contributed by atoms with E-state index in [0.717, 1.165) is 77.0 Å². The van der Waals surface area contributed by atoms with Crippen molar-refractivity contribution in [2.75, 3.05) is 13.2 Å². The fourth-order valence-corrected chi connectivity index (χ4v) is 8.33. The van der Waals surface area contributed by atoms with Gasteiger partial charge in [0.2, 0.25) is 0 Å². The van der Waals surface area contributed by atoms with Crippen LogP contribution in [0, 0.1) is 0 Å². The molecule has 0 N–H and O–H groups in total. The van der Waals surface area contributed by atoms with Gasteiger partial charge < -0.3 is 14.2 Å². The third-order valence-corrected chi connectivity index (χ3v) is 12.6. The maximum Gasteiger partial charge on any atom is 0.306 e. The van der Waals surface area contributed by atoms with Crippen molar-refractivity contribution >= 4 is 17.9 Å². The van der Waals surface area contributed by atoms with E-state index in [1.54, 1.807) is 0 Å². The lowest BCUT2D eigenvalue weighted by Gasteiger charge is -2.18. The Balaban J connectivity index is 4.02. The third kappa shape index (κ3) is 52.5. The number of rotatable bonds is 52. The summed E-state index contributed by atoms with van der Waals surface area (Å²) in [5.74, 6) is -0.871. The molecule has 0 bridgehead atoms. The van der Waals surface area contributed by atoms with Gasteiger partial charge in [0.25, 0.3) is 0 Å². The van der Waals surface area contributed by atoms with Gasteiger partial charge in [-0.2, -0.15) is 0 Å². The molecule has 0 amide bonds. The Morgan fingerprint density at radius 1 is 0.308 bits per heavy atom. The normalized spacial score (nSPS) is 12.2. The molecule has 0 aromatic carbocycles. The first kappa shape index (κ1) is 62.6. The van der Waals surface area contributed by atoms with Gasteiger partial charge in [-0.05, 0) is 57.8 Å². The number of carbonyl (C=O) groups excluding carboxylic acids is 3. The van der Waals surface area contributed by atoms with Gasteiger partial charge in [-0.3, -0.25) is 14.4 Å². The zero-order chi connectivity index (χ0) is 47.2. The number of allylic oxidation sites excluding steroid dienone is 6. The lowest BCUT2D eigenvalue weighted by molar-refractivity contribution is -0.167. The molecule has 0 fully saturated rings. The van der Waals surface area contributed by atoms with Crippen LogP contribution in [-0.2, 0) is 28.6 Å². The van der Waals surface area contributed by atoms with E-state index >= 15 is 0 Å². The molecule has 6 nitrogen and oxygen atoms in total. The average Bonchev–Trinajstić information content (AvgIpc) is 3.30. The molecule has 380 valence electrons. The minimum absolute atomic E-state index is 0.0695. The Morgan fingerprint density at radius 2 is 0.554 bits per heavy atom. The number of ether oxygens (including phenoxy) is 3. The van der Waals surface area contributed by atoms with Crippen LogP contribution in [0.2, 0.25) is 0 Å². The topological polar surface area (TPSA) is 78.9 Å². The van der Waals surface area contributed by atoms with Crippen molar-refractivity contribution in [3.8, 4) is 0 Å². The van der Waals surface area contributed by atoms with E-state index in [4.69, 9.17) is 14.2 Å². The molecule has 0 saturated carbocycles. The highest BCUT2D eigenvalue weighted by atomic mass is 16.6. The predicted octanol–water partition coefficient (Wildman–Crippen LogP) is 18.9. The summed E-state index contributed by atoms with van der Waals surface area (Å²) in [6.07, 6.45) is 64.7. The lowest BCUT2D eigenvalue weighted by atomic mass is 10.0. The van der Waals surface area contributed by atoms with E-state index in [9.17, 15) is 14.4 Å². The molecule has 0 aromatic rings. The predicted molar refractivity (Wildman–Crippen MR) is 279 cm³/mol. The summed E-state index contributed by atoms with van der Waals surface area (Å²) < 4.78 is 16.7. The first-order valence-electron chi connectivity index (χ1n) is 28.5. The van der Waals surface area contributed by atoms with Crippen LogP contribution in [0.25, 0.3) is 0 Å². The van der Waals surface area contributed by atoms with Crippen molar-refractivity contribution in [2.24, 2.45) is 0 Å². The zero-order valence-electron chi connectivity index (χ0n) is 43.5. The van der Waals surface area contributed by atoms with E-state index < -0.39 is 6.10 Å². The molecule has 0 aliphatic heterocycles. The second kappa shape index (κ2) is 54.2. The lowest BCUT2D eigenvalue weighted by Crippen LogP contribution is -2.30. The number of hydrogen-bond acceptors (Lipinski definition) is 6. The van der Waals surface area contributed by atoms with E-state index in [0.29, 0.717) is 19.3 Å². The standard InChI is InChI=1S/C59H108O6/c1-4-7-10-13-15-17-19-21-23-24-25-26-27-28-29-30-31-32-33-34-36-37-39-41-43-46-49-52-58(61)64-55-56(54-63-57(60)51-48-45-12-9-6-3)65-59(62)53-50-47-44-42-40-38-35-22-20-18-16-14-11-8-5-2/h19,21,24-25,27-28,56H,4-18,20,22-23,26,29-55H2,1-3H3/b21-19-,25-24-,28-27-. The smallest absolute Gasteiger partial charge is 0.306 e. The van der Waals surface area contributed by atoms with Gasteiger partial charge in [-0.1, -0.05) is 263 Å². The van der Waals surface area contributed by atoms with Crippen LogP contribution in [0.15, 0.2) is 36.5 Å². The largest absolute Gasteiger partial charge is 0.462 e. The van der Waals surface area contributed by atoms with Crippen LogP contribution < -0.4 is 0 Å². The fraction of sp³-hybridized carbons (Fsp3) is 0.847. The van der Waals surface area contributed by atoms with Crippen LogP contribution in [0.5, 0.6) is 0 Å². The second-order valence-corrected chi connectivity index (χ2v) is 19.2. The van der Waals surface area contributed by atoms with Gasteiger partial charge in [0, 0.05) is 19.3 Å². The molecule has 0 rings (SSSR count). The van der Waals surface area contributed by atoms with Crippen molar-refractivity contribution in [3.05, 3.63) is 36.5 Å². The van der Waals surface area contributed by atoms with Crippen LogP contribution in [-0.4, -0.2) is 37.2 Å². The van der Waals surface area contributed by atoms with E-state index in [1.807, 2.05) is 0 Å². The first-order chi connectivity index (χ1) is 32.0. The van der Waals surface area contributed by atoms with E-state index in [2.05, 4.69) is 57.2 Å². The molecular formula is C59H108O6. The van der Waals surface area contributed by atoms with Gasteiger partial charge in [-0.25, -0.2) is 0 Å². The fourth-order valence-electron chi connectivity index (χ4n) is 8.33. The van der Waals surface area contributed by atoms with Crippen molar-refractivity contribution < 1.29 is 28.6 Å². The third-order valence-electron chi connectivity index (χ3n) is 12.6. The average molecular weight is 914 g/mol. The van der Waals surface area contributed by atoms with Crippen molar-refractivity contribution in [2.45, 2.75) is 309 Å². The number of esters is 3. The minimum Gasteiger partial charge on any atom is -0.462 e. The van der Waals surface area contributed by atoms with Crippen LogP contribution >= 0.6 is 0 Å². The van der Waals surface area contributed by atoms with Crippen LogP contribution in [0.4, 0.5) is 0 Å². The van der Waals surface area contributed by atoms with Gasteiger partial charge >= 0.3 is 17.9 Å². The monoisotopic (exact) mass is 913 g/mol. The highest BCUT2D eigenvalue weighted by Gasteiger charge is 2.19. The van der Waals surface area contributed by atoms with Crippen molar-refractivity contribution in [3.63, 3.8) is 0 Å². The Bertz CT molecular complexity index is 1090. The quantitative estimate of drug-likeness (QED) is 0.0262. The van der Waals surface area contributed by atoms with Crippen LogP contribution in [0.3, 0.4) is 0 Å². The minimum atomic E-state index is -0.765. The molecular weight excluding hydrogens is 805 g/mol. The van der Waals surface area contributed by atoms with Gasteiger partial charge in [0.15, 0.2) is 6.10 Å². The highest BCUT2D eigenvalue weighted by molar-refractivity contribution is 5.71. The van der Waals surface area contributed by atoms with Crippen LogP contribution in [0.1, 0.15) is 303 Å². The summed E-state index contributed by atoms with van der Waals surface area (Å²) in [6, 6.07) is 0. The zero-order valence-corrected chi connectivity index (χ0v) is 43.5. The molecule has 1 unspecified atom stereocenters. The van der Waals surface area contributed by atoms with Crippen molar-refractivity contribution in [1.29, 1.82) is 0 Å². The molecule has 0 saturated heterocycles. The van der Waals surface area contributed by atoms with Gasteiger partial charge in [0.05, 0.1) is 0 Å². The van der Waals surface area contributed by atoms with Gasteiger partial charge in [0.1, 0.15) is 13.2 Å². The number of carbonyl (C=O) groups is 3. The molecule has 0 radical (unpaired) electrons. The summed E-state index contributed by atoms with van der Waals surface area (Å²) in [7, 11) is 0. The number of unbranched alkanes of at least 4 members (excludes halogenated alkanes) is 35. The Morgan fingerprint density at radius 3 is 0.862 bits per heavy atom. The maximum atomic E-state index is 12.7. The molecule has 0 heterocycles. The molecule has 1 atom stereocenters. The second-order valence-electron chi connectivity index (χ2n) is 19.2. The first-order valence-corrected chi connectivity index (χ1v) is 28.5. The van der Waals surface area contributed by atoms with E-state index in [-0.39, 0.29) is 31.1 Å². The van der Waals surface area contributed by atoms with E-state index in [1.165, 1.54) is 186 Å². The Labute approximate surface area is 404 Å².